The lowest BCUT2D eigenvalue weighted by molar-refractivity contribution is -0.121. The van der Waals surface area contributed by atoms with Gasteiger partial charge in [0.2, 0.25) is 5.91 Å². The highest BCUT2D eigenvalue weighted by molar-refractivity contribution is 6.06. The van der Waals surface area contributed by atoms with Gasteiger partial charge in [-0.05, 0) is 49.6 Å². The minimum Gasteiger partial charge on any atom is -0.486 e. The molecule has 5 rings (SSSR count). The Kier molecular flexibility index (Phi) is 5.96. The van der Waals surface area contributed by atoms with Crippen LogP contribution < -0.4 is 19.7 Å². The van der Waals surface area contributed by atoms with E-state index in [4.69, 9.17) is 9.47 Å². The van der Waals surface area contributed by atoms with Gasteiger partial charge in [-0.1, -0.05) is 37.6 Å². The number of amides is 1. The normalized spacial score (nSPS) is 22.5. The van der Waals surface area contributed by atoms with E-state index in [0.717, 1.165) is 81.3 Å². The van der Waals surface area contributed by atoms with Crippen LogP contribution in [0, 0.1) is 0 Å². The van der Waals surface area contributed by atoms with Crippen LogP contribution in [0.5, 0.6) is 11.5 Å². The zero-order chi connectivity index (χ0) is 22.0. The smallest absolute Gasteiger partial charge is 0.235 e. The molecule has 0 radical (unpaired) electrons. The molecule has 3 aliphatic rings. The lowest BCUT2D eigenvalue weighted by atomic mass is 9.75. The zero-order valence-electron chi connectivity index (χ0n) is 18.9. The Balaban J connectivity index is 1.12. The maximum atomic E-state index is 12.8. The summed E-state index contributed by atoms with van der Waals surface area (Å²) in [4.78, 5) is 17.8. The number of anilines is 2. The molecular formula is C26H33N3O3. The number of nitrogens with zero attached hydrogens (tertiary/aromatic N) is 2. The van der Waals surface area contributed by atoms with Crippen LogP contribution in [-0.4, -0.2) is 56.7 Å². The van der Waals surface area contributed by atoms with Crippen molar-refractivity contribution in [2.75, 3.05) is 56.2 Å². The van der Waals surface area contributed by atoms with E-state index in [1.54, 1.807) is 0 Å². The van der Waals surface area contributed by atoms with Crippen LogP contribution in [0.25, 0.3) is 0 Å². The number of rotatable bonds is 7. The van der Waals surface area contributed by atoms with Crippen molar-refractivity contribution in [3.8, 4) is 11.5 Å². The summed E-state index contributed by atoms with van der Waals surface area (Å²) in [6, 6.07) is 14.4. The van der Waals surface area contributed by atoms with Crippen molar-refractivity contribution < 1.29 is 14.3 Å². The molecule has 1 N–H and O–H groups in total. The molecule has 1 amide bonds. The minimum atomic E-state index is -0.357. The van der Waals surface area contributed by atoms with Gasteiger partial charge >= 0.3 is 0 Å². The standard InChI is InChI=1S/C26H33N3O3/c1-2-26(20-8-3-4-9-21(20)27-25(26)30)12-5-6-13-28-14-16-29(17-15-28)22-10-7-11-23-24(22)32-19-18-31-23/h3-4,7-11H,2,5-6,12-19H2,1H3,(H,27,30). The molecule has 1 atom stereocenters. The predicted molar refractivity (Wildman–Crippen MR) is 127 cm³/mol. The molecule has 1 fully saturated rings. The Hall–Kier alpha value is -2.73. The highest BCUT2D eigenvalue weighted by Gasteiger charge is 2.44. The van der Waals surface area contributed by atoms with Gasteiger partial charge in [0.25, 0.3) is 0 Å². The van der Waals surface area contributed by atoms with Gasteiger partial charge in [0.05, 0.1) is 11.1 Å². The number of carbonyl (C=O) groups excluding carboxylic acids is 1. The number of piperazine rings is 1. The average Bonchev–Trinajstić information content (AvgIpc) is 3.13. The molecule has 170 valence electrons. The summed E-state index contributed by atoms with van der Waals surface area (Å²) >= 11 is 0. The van der Waals surface area contributed by atoms with Crippen molar-refractivity contribution in [3.63, 3.8) is 0 Å². The van der Waals surface area contributed by atoms with E-state index >= 15 is 0 Å². The Morgan fingerprint density at radius 3 is 2.62 bits per heavy atom. The van der Waals surface area contributed by atoms with Crippen LogP contribution in [0.4, 0.5) is 11.4 Å². The molecule has 1 saturated heterocycles. The van der Waals surface area contributed by atoms with Gasteiger partial charge < -0.3 is 19.7 Å². The highest BCUT2D eigenvalue weighted by Crippen LogP contribution is 2.43. The molecule has 0 saturated carbocycles. The van der Waals surface area contributed by atoms with Crippen molar-refractivity contribution in [1.29, 1.82) is 0 Å². The molecule has 2 aromatic carbocycles. The highest BCUT2D eigenvalue weighted by atomic mass is 16.6. The van der Waals surface area contributed by atoms with Gasteiger partial charge in [0.1, 0.15) is 13.2 Å². The molecule has 3 heterocycles. The monoisotopic (exact) mass is 435 g/mol. The Morgan fingerprint density at radius 2 is 1.78 bits per heavy atom. The van der Waals surface area contributed by atoms with Crippen LogP contribution in [0.2, 0.25) is 0 Å². The molecule has 6 nitrogen and oxygen atoms in total. The van der Waals surface area contributed by atoms with Crippen molar-refractivity contribution >= 4 is 17.3 Å². The number of hydrogen-bond acceptors (Lipinski definition) is 5. The fourth-order valence-electron chi connectivity index (χ4n) is 5.43. The SMILES string of the molecule is CCC1(CCCCN2CCN(c3cccc4c3OCCO4)CC2)C(=O)Nc2ccccc21. The number of fused-ring (bicyclic) bond motifs is 2. The third-order valence-electron chi connectivity index (χ3n) is 7.32. The van der Waals surface area contributed by atoms with E-state index in [1.165, 1.54) is 5.56 Å². The fraction of sp³-hybridized carbons (Fsp3) is 0.500. The first-order valence-electron chi connectivity index (χ1n) is 12.0. The molecule has 3 aliphatic heterocycles. The molecule has 32 heavy (non-hydrogen) atoms. The van der Waals surface area contributed by atoms with Crippen LogP contribution in [-0.2, 0) is 10.2 Å². The minimum absolute atomic E-state index is 0.173. The van der Waals surface area contributed by atoms with Crippen LogP contribution in [0.3, 0.4) is 0 Å². The summed E-state index contributed by atoms with van der Waals surface area (Å²) < 4.78 is 11.6. The second-order valence-electron chi connectivity index (χ2n) is 9.02. The maximum absolute atomic E-state index is 12.8. The molecule has 0 spiro atoms. The first-order valence-corrected chi connectivity index (χ1v) is 12.0. The molecular weight excluding hydrogens is 402 g/mol. The number of carbonyl (C=O) groups is 1. The number of nitrogens with one attached hydrogen (secondary N) is 1. The van der Waals surface area contributed by atoms with Gasteiger partial charge in [-0.3, -0.25) is 9.69 Å². The van der Waals surface area contributed by atoms with E-state index in [9.17, 15) is 4.79 Å². The summed E-state index contributed by atoms with van der Waals surface area (Å²) in [5.74, 6) is 1.93. The van der Waals surface area contributed by atoms with Crippen LogP contribution >= 0.6 is 0 Å². The van der Waals surface area contributed by atoms with Gasteiger partial charge in [-0.25, -0.2) is 0 Å². The number of hydrogen-bond donors (Lipinski definition) is 1. The average molecular weight is 436 g/mol. The second kappa shape index (κ2) is 9.02. The third kappa shape index (κ3) is 3.81. The molecule has 0 aliphatic carbocycles. The Labute approximate surface area is 190 Å². The van der Waals surface area contributed by atoms with Gasteiger partial charge in [0, 0.05) is 31.9 Å². The summed E-state index contributed by atoms with van der Waals surface area (Å²) in [6.45, 7) is 8.55. The van der Waals surface area contributed by atoms with E-state index in [-0.39, 0.29) is 11.3 Å². The number of benzene rings is 2. The number of unbranched alkanes of at least 4 members (excludes halogenated alkanes) is 1. The van der Waals surface area contributed by atoms with Crippen molar-refractivity contribution in [2.45, 2.75) is 38.0 Å². The first kappa shape index (κ1) is 21.1. The summed E-state index contributed by atoms with van der Waals surface area (Å²) in [5.41, 5.74) is 2.97. The van der Waals surface area contributed by atoms with Crippen molar-refractivity contribution in [2.24, 2.45) is 0 Å². The largest absolute Gasteiger partial charge is 0.486 e. The number of ether oxygens (including phenoxy) is 2. The lowest BCUT2D eigenvalue weighted by Crippen LogP contribution is -2.46. The van der Waals surface area contributed by atoms with E-state index in [2.05, 4.69) is 40.2 Å². The van der Waals surface area contributed by atoms with E-state index in [0.29, 0.717) is 13.2 Å². The first-order chi connectivity index (χ1) is 15.7. The predicted octanol–water partition coefficient (Wildman–Crippen LogP) is 4.05. The van der Waals surface area contributed by atoms with Crippen LogP contribution in [0.1, 0.15) is 38.2 Å². The molecule has 1 unspecified atom stereocenters. The van der Waals surface area contributed by atoms with Crippen molar-refractivity contribution in [3.05, 3.63) is 48.0 Å². The van der Waals surface area contributed by atoms with Gasteiger partial charge in [-0.15, -0.1) is 0 Å². The van der Waals surface area contributed by atoms with Crippen LogP contribution in [0.15, 0.2) is 42.5 Å². The fourth-order valence-corrected chi connectivity index (χ4v) is 5.43. The van der Waals surface area contributed by atoms with Crippen molar-refractivity contribution in [1.82, 2.24) is 4.90 Å². The topological polar surface area (TPSA) is 54.0 Å². The molecule has 0 bridgehead atoms. The summed E-state index contributed by atoms with van der Waals surface area (Å²) in [5, 5.41) is 3.10. The third-order valence-corrected chi connectivity index (χ3v) is 7.32. The quantitative estimate of drug-likeness (QED) is 0.665. The van der Waals surface area contributed by atoms with Gasteiger partial charge in [-0.2, -0.15) is 0 Å². The maximum Gasteiger partial charge on any atom is 0.235 e. The number of para-hydroxylation sites is 2. The Morgan fingerprint density at radius 1 is 0.969 bits per heavy atom. The van der Waals surface area contributed by atoms with E-state index in [1.807, 2.05) is 24.3 Å². The summed E-state index contributed by atoms with van der Waals surface area (Å²) in [7, 11) is 0. The van der Waals surface area contributed by atoms with Gasteiger partial charge in [0.15, 0.2) is 11.5 Å². The summed E-state index contributed by atoms with van der Waals surface area (Å²) in [6.07, 6.45) is 3.95. The lowest BCUT2D eigenvalue weighted by Gasteiger charge is -2.37. The van der Waals surface area contributed by atoms with E-state index < -0.39 is 0 Å². The molecule has 2 aromatic rings. The second-order valence-corrected chi connectivity index (χ2v) is 9.02. The zero-order valence-corrected chi connectivity index (χ0v) is 18.9. The molecule has 0 aromatic heterocycles. The molecule has 6 heteroatoms. The Bertz CT molecular complexity index is 971.